The highest BCUT2D eigenvalue weighted by atomic mass is 16.4. The summed E-state index contributed by atoms with van der Waals surface area (Å²) in [4.78, 5) is 38.6. The van der Waals surface area contributed by atoms with Crippen LogP contribution < -0.4 is 11.0 Å². The van der Waals surface area contributed by atoms with E-state index in [2.05, 4.69) is 31.1 Å². The number of amides is 1. The third-order valence-electron chi connectivity index (χ3n) is 5.03. The molecule has 0 spiro atoms. The van der Waals surface area contributed by atoms with E-state index >= 15 is 0 Å². The van der Waals surface area contributed by atoms with Gasteiger partial charge >= 0.3 is 11.7 Å². The van der Waals surface area contributed by atoms with Gasteiger partial charge in [0.05, 0.1) is 23.5 Å². The zero-order chi connectivity index (χ0) is 21.3. The van der Waals surface area contributed by atoms with Crippen LogP contribution in [0, 0.1) is 0 Å². The monoisotopic (exact) mass is 395 g/mol. The molecule has 1 amide bonds. The number of aryl methyl sites for hydroxylation is 1. The molecule has 1 heterocycles. The number of aliphatic carboxylic acids is 1. The Morgan fingerprint density at radius 1 is 1.14 bits per heavy atom. The van der Waals surface area contributed by atoms with Crippen LogP contribution >= 0.6 is 0 Å². The normalized spacial score (nSPS) is 12.7. The van der Waals surface area contributed by atoms with Crippen molar-refractivity contribution in [3.05, 3.63) is 69.6 Å². The van der Waals surface area contributed by atoms with Gasteiger partial charge in [-0.05, 0) is 34.7 Å². The van der Waals surface area contributed by atoms with Crippen LogP contribution in [0.4, 0.5) is 0 Å². The first-order valence-electron chi connectivity index (χ1n) is 9.38. The van der Waals surface area contributed by atoms with E-state index in [1.54, 1.807) is 25.2 Å². The number of H-pyrrole nitrogens is 1. The number of fused-ring (bicyclic) bond motifs is 1. The summed E-state index contributed by atoms with van der Waals surface area (Å²) in [5, 5.41) is 12.1. The van der Waals surface area contributed by atoms with E-state index in [-0.39, 0.29) is 17.5 Å². The molecule has 0 radical (unpaired) electrons. The second kappa shape index (κ2) is 7.58. The highest BCUT2D eigenvalue weighted by Gasteiger charge is 2.21. The SMILES string of the molecule is Cn1c(=O)[nH]c2ccc(C(=O)NC(CC(=O)O)c3ccc(C(C)(C)C)cc3)cc21. The molecule has 3 rings (SSSR count). The van der Waals surface area contributed by atoms with Crippen LogP contribution in [0.25, 0.3) is 11.0 Å². The molecule has 3 aromatic rings. The van der Waals surface area contributed by atoms with E-state index < -0.39 is 17.9 Å². The number of carboxylic acid groups (broad SMARTS) is 1. The van der Waals surface area contributed by atoms with Gasteiger partial charge in [0.15, 0.2) is 0 Å². The first-order valence-corrected chi connectivity index (χ1v) is 9.38. The largest absolute Gasteiger partial charge is 0.481 e. The molecule has 0 aliphatic heterocycles. The van der Waals surface area contributed by atoms with Crippen molar-refractivity contribution in [2.75, 3.05) is 0 Å². The van der Waals surface area contributed by atoms with Crippen molar-refractivity contribution in [1.82, 2.24) is 14.9 Å². The van der Waals surface area contributed by atoms with Gasteiger partial charge in [-0.15, -0.1) is 0 Å². The Bertz CT molecular complexity index is 1120. The number of nitrogens with one attached hydrogen (secondary N) is 2. The number of carbonyl (C=O) groups excluding carboxylic acids is 1. The molecule has 0 saturated carbocycles. The molecule has 3 N–H and O–H groups in total. The van der Waals surface area contributed by atoms with E-state index in [9.17, 15) is 19.5 Å². The molecule has 0 aliphatic carbocycles. The van der Waals surface area contributed by atoms with Gasteiger partial charge in [-0.2, -0.15) is 0 Å². The van der Waals surface area contributed by atoms with Crippen LogP contribution in [-0.2, 0) is 17.3 Å². The number of aromatic amines is 1. The molecule has 2 aromatic carbocycles. The molecule has 0 fully saturated rings. The molecule has 7 nitrogen and oxygen atoms in total. The van der Waals surface area contributed by atoms with E-state index in [1.165, 1.54) is 4.57 Å². The van der Waals surface area contributed by atoms with Crippen molar-refractivity contribution in [3.63, 3.8) is 0 Å². The summed E-state index contributed by atoms with van der Waals surface area (Å²) < 4.78 is 1.42. The Morgan fingerprint density at radius 2 is 1.79 bits per heavy atom. The van der Waals surface area contributed by atoms with Crippen molar-refractivity contribution in [1.29, 1.82) is 0 Å². The topological polar surface area (TPSA) is 104 Å². The summed E-state index contributed by atoms with van der Waals surface area (Å²) in [5.41, 5.74) is 3.16. The molecule has 1 atom stereocenters. The fourth-order valence-corrected chi connectivity index (χ4v) is 3.25. The molecule has 7 heteroatoms. The van der Waals surface area contributed by atoms with Gasteiger partial charge < -0.3 is 15.4 Å². The summed E-state index contributed by atoms with van der Waals surface area (Å²) >= 11 is 0. The van der Waals surface area contributed by atoms with Gasteiger partial charge in [0.25, 0.3) is 5.91 Å². The Kier molecular flexibility index (Phi) is 5.33. The van der Waals surface area contributed by atoms with Crippen LogP contribution in [0.2, 0.25) is 0 Å². The van der Waals surface area contributed by atoms with Crippen molar-refractivity contribution in [2.24, 2.45) is 7.05 Å². The number of carbonyl (C=O) groups is 2. The van der Waals surface area contributed by atoms with Crippen LogP contribution in [0.3, 0.4) is 0 Å². The highest BCUT2D eigenvalue weighted by molar-refractivity contribution is 5.97. The summed E-state index contributed by atoms with van der Waals surface area (Å²) in [6, 6.07) is 11.8. The maximum absolute atomic E-state index is 12.8. The fourth-order valence-electron chi connectivity index (χ4n) is 3.25. The van der Waals surface area contributed by atoms with Crippen LogP contribution in [-0.4, -0.2) is 26.5 Å². The predicted molar refractivity (Wildman–Crippen MR) is 111 cm³/mol. The average Bonchev–Trinajstić information content (AvgIpc) is 2.94. The minimum Gasteiger partial charge on any atom is -0.481 e. The Labute approximate surface area is 168 Å². The third-order valence-corrected chi connectivity index (χ3v) is 5.03. The quantitative estimate of drug-likeness (QED) is 0.617. The molecular formula is C22H25N3O4. The number of hydrogen-bond acceptors (Lipinski definition) is 3. The summed E-state index contributed by atoms with van der Waals surface area (Å²) in [6.45, 7) is 6.30. The highest BCUT2D eigenvalue weighted by Crippen LogP contribution is 2.25. The van der Waals surface area contributed by atoms with Crippen molar-refractivity contribution >= 4 is 22.9 Å². The molecular weight excluding hydrogens is 370 g/mol. The first kappa shape index (κ1) is 20.4. The number of aromatic nitrogens is 2. The van der Waals surface area contributed by atoms with Crippen molar-refractivity contribution < 1.29 is 14.7 Å². The van der Waals surface area contributed by atoms with Gasteiger partial charge in [0.1, 0.15) is 0 Å². The number of nitrogens with zero attached hydrogens (tertiary/aromatic N) is 1. The molecule has 1 unspecified atom stereocenters. The average molecular weight is 395 g/mol. The van der Waals surface area contributed by atoms with Gasteiger partial charge in [-0.1, -0.05) is 45.0 Å². The smallest absolute Gasteiger partial charge is 0.326 e. The lowest BCUT2D eigenvalue weighted by Gasteiger charge is -2.22. The Morgan fingerprint density at radius 3 is 2.38 bits per heavy atom. The van der Waals surface area contributed by atoms with Crippen LogP contribution in [0.15, 0.2) is 47.3 Å². The van der Waals surface area contributed by atoms with Crippen LogP contribution in [0.1, 0.15) is 54.7 Å². The van der Waals surface area contributed by atoms with E-state index in [0.717, 1.165) is 11.1 Å². The van der Waals surface area contributed by atoms with Crippen molar-refractivity contribution in [2.45, 2.75) is 38.6 Å². The second-order valence-corrected chi connectivity index (χ2v) is 8.22. The van der Waals surface area contributed by atoms with Gasteiger partial charge in [-0.25, -0.2) is 4.79 Å². The number of imidazole rings is 1. The number of rotatable bonds is 5. The van der Waals surface area contributed by atoms with Crippen LogP contribution in [0.5, 0.6) is 0 Å². The molecule has 29 heavy (non-hydrogen) atoms. The zero-order valence-corrected chi connectivity index (χ0v) is 16.9. The number of carboxylic acids is 1. The fraction of sp³-hybridized carbons (Fsp3) is 0.318. The van der Waals surface area contributed by atoms with Gasteiger partial charge in [-0.3, -0.25) is 14.2 Å². The maximum atomic E-state index is 12.8. The van der Waals surface area contributed by atoms with Crippen molar-refractivity contribution in [3.8, 4) is 0 Å². The lowest BCUT2D eigenvalue weighted by atomic mass is 9.86. The summed E-state index contributed by atoms with van der Waals surface area (Å²) in [7, 11) is 1.62. The Hall–Kier alpha value is -3.35. The van der Waals surface area contributed by atoms with E-state index in [4.69, 9.17) is 0 Å². The summed E-state index contributed by atoms with van der Waals surface area (Å²) in [6.07, 6.45) is -0.231. The molecule has 0 bridgehead atoms. The predicted octanol–water partition coefficient (Wildman–Crippen LogP) is 3.11. The lowest BCUT2D eigenvalue weighted by Crippen LogP contribution is -2.30. The zero-order valence-electron chi connectivity index (χ0n) is 16.9. The lowest BCUT2D eigenvalue weighted by molar-refractivity contribution is -0.137. The molecule has 152 valence electrons. The number of benzene rings is 2. The molecule has 0 saturated heterocycles. The first-order chi connectivity index (χ1) is 13.6. The minimum absolute atomic E-state index is 0.0218. The minimum atomic E-state index is -1.00. The van der Waals surface area contributed by atoms with E-state index in [0.29, 0.717) is 16.6 Å². The maximum Gasteiger partial charge on any atom is 0.326 e. The van der Waals surface area contributed by atoms with Gasteiger partial charge in [0, 0.05) is 12.6 Å². The molecule has 1 aromatic heterocycles. The van der Waals surface area contributed by atoms with E-state index in [1.807, 2.05) is 24.3 Å². The molecule has 0 aliphatic rings. The third kappa shape index (κ3) is 4.39. The standard InChI is InChI=1S/C22H25N3O4/c1-22(2,3)15-8-5-13(6-9-15)17(12-19(26)27)23-20(28)14-7-10-16-18(11-14)25(4)21(29)24-16/h5-11,17H,12H2,1-4H3,(H,23,28)(H,24,29)(H,26,27). The Balaban J connectivity index is 1.88. The second-order valence-electron chi connectivity index (χ2n) is 8.22. The van der Waals surface area contributed by atoms with Gasteiger partial charge in [0.2, 0.25) is 0 Å². The summed E-state index contributed by atoms with van der Waals surface area (Å²) in [5.74, 6) is -1.40. The number of hydrogen-bond donors (Lipinski definition) is 3.